The average Bonchev–Trinajstić information content (AvgIpc) is 3.12. The molecule has 0 amide bonds. The Balaban J connectivity index is 2.50. The molecule has 1 saturated heterocycles. The lowest BCUT2D eigenvalue weighted by Gasteiger charge is -2.41. The minimum Gasteiger partial charge on any atom is -0.393 e. The summed E-state index contributed by atoms with van der Waals surface area (Å²) in [5, 5.41) is 134. The first-order chi connectivity index (χ1) is 26.9. The monoisotopic (exact) mass is 822 g/mol. The van der Waals surface area contributed by atoms with Gasteiger partial charge in [0.05, 0.1) is 73.2 Å². The van der Waals surface area contributed by atoms with E-state index in [1.54, 1.807) is 31.2 Å². The molecule has 16 nitrogen and oxygen atoms in total. The highest BCUT2D eigenvalue weighted by Gasteiger charge is 2.44. The summed E-state index contributed by atoms with van der Waals surface area (Å²) in [7, 11) is 0. The van der Waals surface area contributed by atoms with E-state index in [1.165, 1.54) is 25.2 Å². The number of allylic oxidation sites excluding steroid dienone is 3. The highest BCUT2D eigenvalue weighted by molar-refractivity contribution is 5.02. The van der Waals surface area contributed by atoms with Gasteiger partial charge in [-0.25, -0.2) is 0 Å². The zero-order valence-corrected chi connectivity index (χ0v) is 33.8. The molecule has 1 aliphatic heterocycles. The molecule has 0 aromatic carbocycles. The maximum atomic E-state index is 11.0. The van der Waals surface area contributed by atoms with Gasteiger partial charge in [0, 0.05) is 18.8 Å². The van der Waals surface area contributed by atoms with E-state index in [9.17, 15) is 66.4 Å². The van der Waals surface area contributed by atoms with Gasteiger partial charge in [0.1, 0.15) is 18.3 Å². The predicted molar refractivity (Wildman–Crippen MR) is 213 cm³/mol. The Kier molecular flexibility index (Phi) is 27.6. The first kappa shape index (κ1) is 53.3. The van der Waals surface area contributed by atoms with Crippen molar-refractivity contribution in [2.45, 2.75) is 196 Å². The molecule has 16 heteroatoms. The van der Waals surface area contributed by atoms with Crippen LogP contribution in [0.3, 0.4) is 0 Å². The van der Waals surface area contributed by atoms with Crippen LogP contribution >= 0.6 is 0 Å². The van der Waals surface area contributed by atoms with Crippen molar-refractivity contribution in [1.82, 2.24) is 0 Å². The van der Waals surface area contributed by atoms with Gasteiger partial charge in [-0.1, -0.05) is 55.5 Å². The summed E-state index contributed by atoms with van der Waals surface area (Å²) < 4.78 is 11.6. The molecule has 17 unspecified atom stereocenters. The minimum absolute atomic E-state index is 0.0656. The van der Waals surface area contributed by atoms with Gasteiger partial charge in [-0.15, -0.1) is 0 Å². The van der Waals surface area contributed by atoms with Crippen molar-refractivity contribution in [3.63, 3.8) is 0 Å². The Morgan fingerprint density at radius 2 is 1.09 bits per heavy atom. The molecule has 1 aliphatic rings. The van der Waals surface area contributed by atoms with Gasteiger partial charge in [0.2, 0.25) is 0 Å². The lowest BCUT2D eigenvalue weighted by atomic mass is 9.90. The molecule has 1 fully saturated rings. The largest absolute Gasteiger partial charge is 0.393 e. The summed E-state index contributed by atoms with van der Waals surface area (Å²) in [5.41, 5.74) is 5.42. The molecule has 0 spiro atoms. The Morgan fingerprint density at radius 1 is 0.596 bits per heavy atom. The van der Waals surface area contributed by atoms with Crippen molar-refractivity contribution >= 4 is 0 Å². The van der Waals surface area contributed by atoms with Crippen LogP contribution in [-0.4, -0.2) is 171 Å². The van der Waals surface area contributed by atoms with E-state index in [-0.39, 0.29) is 64.2 Å². The summed E-state index contributed by atoms with van der Waals surface area (Å²) in [4.78, 5) is 0. The second kappa shape index (κ2) is 29.5. The summed E-state index contributed by atoms with van der Waals surface area (Å²) >= 11 is 0. The summed E-state index contributed by atoms with van der Waals surface area (Å²) in [6, 6.07) is 0. The molecule has 1 heterocycles. The normalized spacial score (nSPS) is 27.4. The van der Waals surface area contributed by atoms with Gasteiger partial charge in [-0.3, -0.25) is 0 Å². The Bertz CT molecular complexity index is 1140. The van der Waals surface area contributed by atoms with Crippen molar-refractivity contribution in [3.8, 4) is 0 Å². The third-order valence-corrected chi connectivity index (χ3v) is 10.1. The van der Waals surface area contributed by atoms with E-state index in [0.29, 0.717) is 19.4 Å². The van der Waals surface area contributed by atoms with E-state index in [1.807, 2.05) is 13.0 Å². The summed E-state index contributed by atoms with van der Waals surface area (Å²) in [5.74, 6) is -0.609. The van der Waals surface area contributed by atoms with Crippen LogP contribution in [0.1, 0.15) is 97.8 Å². The topological polar surface area (TPSA) is 307 Å². The molecular formula is C41H75NO15. The fourth-order valence-corrected chi connectivity index (χ4v) is 6.64. The van der Waals surface area contributed by atoms with E-state index in [4.69, 9.17) is 15.2 Å². The predicted octanol–water partition coefficient (Wildman–Crippen LogP) is -0.671. The number of hydrogen-bond acceptors (Lipinski definition) is 16. The number of rotatable bonds is 30. The number of aliphatic hydroxyl groups excluding tert-OH is 13. The molecule has 0 aliphatic carbocycles. The molecule has 0 aromatic heterocycles. The van der Waals surface area contributed by atoms with Crippen molar-refractivity contribution < 1.29 is 75.9 Å². The fourth-order valence-electron chi connectivity index (χ4n) is 6.64. The molecule has 57 heavy (non-hydrogen) atoms. The van der Waals surface area contributed by atoms with Gasteiger partial charge >= 0.3 is 0 Å². The molecule has 0 saturated carbocycles. The van der Waals surface area contributed by atoms with E-state index in [2.05, 4.69) is 0 Å². The van der Waals surface area contributed by atoms with Crippen molar-refractivity contribution in [1.29, 1.82) is 0 Å². The molecule has 0 bridgehead atoms. The van der Waals surface area contributed by atoms with Gasteiger partial charge in [-0.05, 0) is 84.6 Å². The van der Waals surface area contributed by atoms with Crippen molar-refractivity contribution in [2.24, 2.45) is 11.7 Å². The molecule has 0 aromatic rings. The quantitative estimate of drug-likeness (QED) is 0.0316. The lowest BCUT2D eigenvalue weighted by molar-refractivity contribution is -0.309. The first-order valence-corrected chi connectivity index (χ1v) is 20.3. The van der Waals surface area contributed by atoms with Gasteiger partial charge in [0.25, 0.3) is 0 Å². The van der Waals surface area contributed by atoms with Crippen molar-refractivity contribution in [2.75, 3.05) is 6.54 Å². The molecule has 15 N–H and O–H groups in total. The maximum absolute atomic E-state index is 11.0. The Morgan fingerprint density at radius 3 is 1.61 bits per heavy atom. The van der Waals surface area contributed by atoms with Crippen molar-refractivity contribution in [3.05, 3.63) is 48.6 Å². The number of aliphatic hydroxyl groups is 13. The van der Waals surface area contributed by atoms with Crippen LogP contribution in [0.4, 0.5) is 0 Å². The fraction of sp³-hybridized carbons (Fsp3) is 0.805. The van der Waals surface area contributed by atoms with Crippen LogP contribution in [0, 0.1) is 5.92 Å². The zero-order chi connectivity index (χ0) is 43.1. The molecule has 0 radical (unpaired) electrons. The highest BCUT2D eigenvalue weighted by Crippen LogP contribution is 2.28. The zero-order valence-electron chi connectivity index (χ0n) is 33.8. The van der Waals surface area contributed by atoms with Gasteiger partial charge in [0.15, 0.2) is 6.29 Å². The average molecular weight is 822 g/mol. The highest BCUT2D eigenvalue weighted by atomic mass is 16.7. The van der Waals surface area contributed by atoms with Gasteiger partial charge < -0.3 is 81.6 Å². The second-order valence-electron chi connectivity index (χ2n) is 15.6. The van der Waals surface area contributed by atoms with E-state index in [0.717, 1.165) is 0 Å². The SMILES string of the molecule is C/C=C/C=C/CC(OC1OC(C)C(O)C(O)C1O)C(C)C(O)CC(O)CC(O)CC(O)/C=C/CC(O)CC(O)CC(O)CC(O)/C=C/CC(O)CC(O)CCCN. The van der Waals surface area contributed by atoms with Crippen LogP contribution in [0.25, 0.3) is 0 Å². The van der Waals surface area contributed by atoms with Crippen LogP contribution in [0.15, 0.2) is 48.6 Å². The molecule has 1 rings (SSSR count). The third-order valence-electron chi connectivity index (χ3n) is 10.1. The van der Waals surface area contributed by atoms with E-state index < -0.39 is 104 Å². The number of nitrogens with two attached hydrogens (primary N) is 1. The summed E-state index contributed by atoms with van der Waals surface area (Å²) in [6.07, 6.45) is -3.00. The molecule has 17 atom stereocenters. The lowest BCUT2D eigenvalue weighted by Crippen LogP contribution is -2.58. The third kappa shape index (κ3) is 23.0. The van der Waals surface area contributed by atoms with Gasteiger partial charge in [-0.2, -0.15) is 0 Å². The summed E-state index contributed by atoms with van der Waals surface area (Å²) in [6.45, 7) is 5.52. The smallest absolute Gasteiger partial charge is 0.186 e. The Labute approximate surface area is 337 Å². The number of ether oxygens (including phenoxy) is 2. The first-order valence-electron chi connectivity index (χ1n) is 20.3. The standard InChI is InChI=1S/C41H75NO15/c1-4-5-6-7-16-37(57-41-40(55)39(54)38(53)26(3)56-41)25(2)36(52)24-35(51)23-34(50)21-30(46)14-9-13-29(45)20-33(49)22-32(48)19-28(44)12-8-11-27(43)18-31(47)15-10-17-42/h4-9,12,14,25-41,43-55H,10-11,13,15-24,42H2,1-3H3/b5-4+,7-6+,12-8+,14-9+. The van der Waals surface area contributed by atoms with Crippen LogP contribution in [0.5, 0.6) is 0 Å². The maximum Gasteiger partial charge on any atom is 0.186 e. The van der Waals surface area contributed by atoms with E-state index >= 15 is 0 Å². The van der Waals surface area contributed by atoms with Crippen LogP contribution in [-0.2, 0) is 9.47 Å². The van der Waals surface area contributed by atoms with Crippen LogP contribution in [0.2, 0.25) is 0 Å². The Hall–Kier alpha value is -1.68. The molecular weight excluding hydrogens is 746 g/mol. The second-order valence-corrected chi connectivity index (χ2v) is 15.6. The minimum atomic E-state index is -1.54. The van der Waals surface area contributed by atoms with Crippen LogP contribution < -0.4 is 5.73 Å². The molecule has 334 valence electrons. The number of hydrogen-bond donors (Lipinski definition) is 14.